The first kappa shape index (κ1) is 9.74. The summed E-state index contributed by atoms with van der Waals surface area (Å²) in [6, 6.07) is 0. The maximum absolute atomic E-state index is 9.44. The lowest BCUT2D eigenvalue weighted by Gasteiger charge is -2.38. The minimum absolute atomic E-state index is 0.0329. The fourth-order valence-corrected chi connectivity index (χ4v) is 2.39. The summed E-state index contributed by atoms with van der Waals surface area (Å²) in [4.78, 5) is 0. The monoisotopic (exact) mass is 194 g/mol. The normalized spacial score (nSPS) is 31.6. The summed E-state index contributed by atoms with van der Waals surface area (Å²) in [5, 5.41) is 9.44. The first-order chi connectivity index (χ1) is 6.58. The van der Waals surface area contributed by atoms with Crippen LogP contribution in [-0.4, -0.2) is 16.3 Å². The standard InChI is InChI=1S/C11H18N2O/c1-8-3-4-9-5-13(2)6-10(9)11(8,12)7-14/h5-6,8,14H,3-4,7,12H2,1-2H3. The summed E-state index contributed by atoms with van der Waals surface area (Å²) >= 11 is 0. The molecule has 3 nitrogen and oxygen atoms in total. The van der Waals surface area contributed by atoms with Crippen LogP contribution in [0.1, 0.15) is 24.5 Å². The Morgan fingerprint density at radius 3 is 3.00 bits per heavy atom. The maximum Gasteiger partial charge on any atom is 0.0687 e. The molecule has 0 aromatic carbocycles. The maximum atomic E-state index is 9.44. The smallest absolute Gasteiger partial charge is 0.0687 e. The van der Waals surface area contributed by atoms with Gasteiger partial charge in [0.15, 0.2) is 0 Å². The van der Waals surface area contributed by atoms with E-state index >= 15 is 0 Å². The second kappa shape index (κ2) is 3.11. The van der Waals surface area contributed by atoms with Crippen molar-refractivity contribution >= 4 is 0 Å². The molecule has 2 rings (SSSR count). The highest BCUT2D eigenvalue weighted by Crippen LogP contribution is 2.37. The van der Waals surface area contributed by atoms with Crippen LogP contribution in [0.4, 0.5) is 0 Å². The molecule has 1 aliphatic carbocycles. The van der Waals surface area contributed by atoms with Crippen LogP contribution >= 0.6 is 0 Å². The van der Waals surface area contributed by atoms with E-state index < -0.39 is 5.54 Å². The topological polar surface area (TPSA) is 51.2 Å². The van der Waals surface area contributed by atoms with Crippen molar-refractivity contribution in [2.24, 2.45) is 18.7 Å². The van der Waals surface area contributed by atoms with Crippen LogP contribution in [0.15, 0.2) is 12.4 Å². The van der Waals surface area contributed by atoms with Crippen LogP contribution in [0.2, 0.25) is 0 Å². The zero-order chi connectivity index (χ0) is 10.3. The highest BCUT2D eigenvalue weighted by molar-refractivity contribution is 5.35. The Balaban J connectivity index is 2.51. The molecule has 0 fully saturated rings. The molecule has 0 bridgehead atoms. The lowest BCUT2D eigenvalue weighted by Crippen LogP contribution is -2.48. The predicted octanol–water partition coefficient (Wildman–Crippen LogP) is 0.754. The Labute approximate surface area is 84.5 Å². The van der Waals surface area contributed by atoms with Gasteiger partial charge in [-0.3, -0.25) is 0 Å². The Hall–Kier alpha value is -0.800. The van der Waals surface area contributed by atoms with Gasteiger partial charge in [-0.2, -0.15) is 0 Å². The SMILES string of the molecule is CC1CCc2cn(C)cc2C1(N)CO. The highest BCUT2D eigenvalue weighted by Gasteiger charge is 2.38. The van der Waals surface area contributed by atoms with E-state index in [0.29, 0.717) is 5.92 Å². The van der Waals surface area contributed by atoms with Gasteiger partial charge in [0, 0.05) is 19.4 Å². The van der Waals surface area contributed by atoms with Crippen molar-refractivity contribution in [2.45, 2.75) is 25.3 Å². The quantitative estimate of drug-likeness (QED) is 0.693. The Kier molecular flexibility index (Phi) is 2.16. The van der Waals surface area contributed by atoms with E-state index in [0.717, 1.165) is 18.4 Å². The number of hydrogen-bond donors (Lipinski definition) is 2. The van der Waals surface area contributed by atoms with E-state index in [1.54, 1.807) is 0 Å². The largest absolute Gasteiger partial charge is 0.394 e. The highest BCUT2D eigenvalue weighted by atomic mass is 16.3. The minimum Gasteiger partial charge on any atom is -0.394 e. The molecule has 14 heavy (non-hydrogen) atoms. The number of aromatic nitrogens is 1. The number of rotatable bonds is 1. The fraction of sp³-hybridized carbons (Fsp3) is 0.636. The third-order valence-electron chi connectivity index (χ3n) is 3.53. The molecule has 0 amide bonds. The van der Waals surface area contributed by atoms with E-state index in [1.807, 2.05) is 17.8 Å². The van der Waals surface area contributed by atoms with E-state index in [4.69, 9.17) is 5.73 Å². The average Bonchev–Trinajstić information content (AvgIpc) is 2.54. The molecule has 1 heterocycles. The van der Waals surface area contributed by atoms with Crippen molar-refractivity contribution in [3.05, 3.63) is 23.5 Å². The van der Waals surface area contributed by atoms with E-state index in [9.17, 15) is 5.11 Å². The zero-order valence-corrected chi connectivity index (χ0v) is 8.83. The second-order valence-electron chi connectivity index (χ2n) is 4.50. The van der Waals surface area contributed by atoms with Crippen LogP contribution in [0, 0.1) is 5.92 Å². The first-order valence-electron chi connectivity index (χ1n) is 5.13. The molecule has 2 unspecified atom stereocenters. The summed E-state index contributed by atoms with van der Waals surface area (Å²) in [5.74, 6) is 0.349. The molecular formula is C11H18N2O. The summed E-state index contributed by atoms with van der Waals surface area (Å²) in [6.45, 7) is 2.15. The first-order valence-corrected chi connectivity index (χ1v) is 5.13. The molecule has 3 heteroatoms. The molecule has 78 valence electrons. The number of aryl methyl sites for hydroxylation is 2. The summed E-state index contributed by atoms with van der Waals surface area (Å²) < 4.78 is 2.03. The molecule has 1 aliphatic rings. The van der Waals surface area contributed by atoms with E-state index in [2.05, 4.69) is 13.1 Å². The van der Waals surface area contributed by atoms with Gasteiger partial charge < -0.3 is 15.4 Å². The molecule has 0 aliphatic heterocycles. The molecule has 1 aromatic heterocycles. The van der Waals surface area contributed by atoms with Crippen LogP contribution in [-0.2, 0) is 19.0 Å². The average molecular weight is 194 g/mol. The van der Waals surface area contributed by atoms with Crippen molar-refractivity contribution in [2.75, 3.05) is 6.61 Å². The molecule has 0 saturated heterocycles. The van der Waals surface area contributed by atoms with Crippen molar-refractivity contribution in [1.29, 1.82) is 0 Å². The van der Waals surface area contributed by atoms with Gasteiger partial charge in [0.1, 0.15) is 0 Å². The zero-order valence-electron chi connectivity index (χ0n) is 8.83. The van der Waals surface area contributed by atoms with Crippen molar-refractivity contribution in [3.8, 4) is 0 Å². The third-order valence-corrected chi connectivity index (χ3v) is 3.53. The summed E-state index contributed by atoms with van der Waals surface area (Å²) in [5.41, 5.74) is 8.15. The van der Waals surface area contributed by atoms with E-state index in [1.165, 1.54) is 5.56 Å². The lowest BCUT2D eigenvalue weighted by molar-refractivity contribution is 0.133. The van der Waals surface area contributed by atoms with Gasteiger partial charge in [-0.05, 0) is 29.9 Å². The molecule has 2 atom stereocenters. The van der Waals surface area contributed by atoms with E-state index in [-0.39, 0.29) is 6.61 Å². The number of nitrogens with two attached hydrogens (primary N) is 1. The van der Waals surface area contributed by atoms with Gasteiger partial charge >= 0.3 is 0 Å². The van der Waals surface area contributed by atoms with Crippen LogP contribution < -0.4 is 5.73 Å². The number of fused-ring (bicyclic) bond motifs is 1. The molecule has 0 spiro atoms. The minimum atomic E-state index is -0.533. The van der Waals surface area contributed by atoms with Crippen molar-refractivity contribution in [3.63, 3.8) is 0 Å². The number of aliphatic hydroxyl groups is 1. The summed E-state index contributed by atoms with van der Waals surface area (Å²) in [6.07, 6.45) is 6.30. The molecule has 0 saturated carbocycles. The van der Waals surface area contributed by atoms with Crippen LogP contribution in [0.5, 0.6) is 0 Å². The van der Waals surface area contributed by atoms with Gasteiger partial charge in [0.2, 0.25) is 0 Å². The van der Waals surface area contributed by atoms with Crippen molar-refractivity contribution in [1.82, 2.24) is 4.57 Å². The number of nitrogens with zero attached hydrogens (tertiary/aromatic N) is 1. The predicted molar refractivity (Wildman–Crippen MR) is 55.8 cm³/mol. The van der Waals surface area contributed by atoms with Gasteiger partial charge in [0.05, 0.1) is 12.1 Å². The van der Waals surface area contributed by atoms with Gasteiger partial charge in [-0.25, -0.2) is 0 Å². The van der Waals surface area contributed by atoms with Gasteiger partial charge in [0.25, 0.3) is 0 Å². The van der Waals surface area contributed by atoms with Gasteiger partial charge in [-0.1, -0.05) is 6.92 Å². The Bertz CT molecular complexity index is 345. The van der Waals surface area contributed by atoms with Crippen LogP contribution in [0.3, 0.4) is 0 Å². The third kappa shape index (κ3) is 1.20. The molecule has 1 aromatic rings. The molecule has 3 N–H and O–H groups in total. The molecule has 0 radical (unpaired) electrons. The van der Waals surface area contributed by atoms with Gasteiger partial charge in [-0.15, -0.1) is 0 Å². The second-order valence-corrected chi connectivity index (χ2v) is 4.50. The summed E-state index contributed by atoms with van der Waals surface area (Å²) in [7, 11) is 2.00. The van der Waals surface area contributed by atoms with Crippen molar-refractivity contribution < 1.29 is 5.11 Å². The van der Waals surface area contributed by atoms with Crippen LogP contribution in [0.25, 0.3) is 0 Å². The fourth-order valence-electron chi connectivity index (χ4n) is 2.39. The number of aliphatic hydroxyl groups excluding tert-OH is 1. The lowest BCUT2D eigenvalue weighted by atomic mass is 9.72. The molecular weight excluding hydrogens is 176 g/mol. The Morgan fingerprint density at radius 1 is 1.64 bits per heavy atom. The number of hydrogen-bond acceptors (Lipinski definition) is 2. The Morgan fingerprint density at radius 2 is 2.36 bits per heavy atom.